The highest BCUT2D eigenvalue weighted by Crippen LogP contribution is 2.35. The molecule has 10 heteroatoms. The van der Waals surface area contributed by atoms with Crippen molar-refractivity contribution in [1.82, 2.24) is 24.8 Å². The number of carbonyl (C=O) groups is 1. The number of pyridine rings is 2. The lowest BCUT2D eigenvalue weighted by molar-refractivity contribution is -0.134. The molecule has 2 fully saturated rings. The van der Waals surface area contributed by atoms with Crippen molar-refractivity contribution in [3.63, 3.8) is 0 Å². The second-order valence-corrected chi connectivity index (χ2v) is 11.0. The Morgan fingerprint density at radius 2 is 1.97 bits per heavy atom. The number of amides is 1. The molecule has 1 amide bonds. The predicted molar refractivity (Wildman–Crippen MR) is 127 cm³/mol. The Bertz CT molecular complexity index is 1270. The minimum Gasteiger partial charge on any atom is -0.346 e. The van der Waals surface area contributed by atoms with Gasteiger partial charge in [0.05, 0.1) is 24.0 Å². The maximum absolute atomic E-state index is 12.9. The number of hydrogen-bond acceptors (Lipinski definition) is 6. The molecule has 176 valence electrons. The van der Waals surface area contributed by atoms with Gasteiger partial charge in [-0.15, -0.1) is 0 Å². The molecule has 1 atom stereocenters. The number of piperidine rings is 2. The first-order chi connectivity index (χ1) is 15.9. The van der Waals surface area contributed by atoms with E-state index in [1.54, 1.807) is 0 Å². The standard InChI is InChI=1S/C23H30N6O3S/c24-33(31,32)15-16-2-1-9-29(13-16)21(30)14-28-10-5-17(6-11-28)18-3-7-25-20-12-27-23-19(22(18)20)4-8-26-23/h3-4,7-8,12,16-17H,1-2,5-6,9-11,13-15H2,(H,26,27)(H2,24,31,32). The molecular weight excluding hydrogens is 440 g/mol. The molecule has 2 aliphatic rings. The van der Waals surface area contributed by atoms with Crippen LogP contribution < -0.4 is 5.14 Å². The van der Waals surface area contributed by atoms with Gasteiger partial charge in [0.15, 0.2) is 0 Å². The number of aromatic amines is 1. The Morgan fingerprint density at radius 3 is 2.76 bits per heavy atom. The lowest BCUT2D eigenvalue weighted by Crippen LogP contribution is -2.47. The number of nitrogens with two attached hydrogens (primary N) is 1. The number of aromatic nitrogens is 3. The number of fused-ring (bicyclic) bond motifs is 3. The monoisotopic (exact) mass is 470 g/mol. The summed E-state index contributed by atoms with van der Waals surface area (Å²) in [4.78, 5) is 29.1. The number of nitrogens with zero attached hydrogens (tertiary/aromatic N) is 4. The average molecular weight is 471 g/mol. The normalized spacial score (nSPS) is 21.1. The molecule has 0 aliphatic carbocycles. The first-order valence-corrected chi connectivity index (χ1v) is 13.3. The van der Waals surface area contributed by atoms with Gasteiger partial charge in [-0.2, -0.15) is 0 Å². The molecule has 0 radical (unpaired) electrons. The van der Waals surface area contributed by atoms with Crippen LogP contribution in [0.4, 0.5) is 0 Å². The first-order valence-electron chi connectivity index (χ1n) is 11.6. The van der Waals surface area contributed by atoms with E-state index in [1.165, 1.54) is 10.9 Å². The Balaban J connectivity index is 1.22. The maximum atomic E-state index is 12.9. The fourth-order valence-corrected chi connectivity index (χ4v) is 6.40. The van der Waals surface area contributed by atoms with Gasteiger partial charge in [-0.25, -0.2) is 18.5 Å². The van der Waals surface area contributed by atoms with Crippen molar-refractivity contribution in [2.75, 3.05) is 38.5 Å². The highest BCUT2D eigenvalue weighted by Gasteiger charge is 2.29. The van der Waals surface area contributed by atoms with Gasteiger partial charge >= 0.3 is 0 Å². The van der Waals surface area contributed by atoms with E-state index in [-0.39, 0.29) is 17.6 Å². The molecule has 2 aliphatic heterocycles. The van der Waals surface area contributed by atoms with E-state index in [2.05, 4.69) is 32.0 Å². The molecule has 0 saturated carbocycles. The third-order valence-corrected chi connectivity index (χ3v) is 7.98. The van der Waals surface area contributed by atoms with Crippen molar-refractivity contribution in [2.45, 2.75) is 31.6 Å². The third-order valence-electron chi connectivity index (χ3n) is 7.05. The molecule has 3 aromatic rings. The molecule has 0 aromatic carbocycles. The minimum absolute atomic E-state index is 0.0496. The van der Waals surface area contributed by atoms with Gasteiger partial charge in [0.1, 0.15) is 5.65 Å². The van der Waals surface area contributed by atoms with Gasteiger partial charge in [0, 0.05) is 36.3 Å². The van der Waals surface area contributed by atoms with Crippen molar-refractivity contribution < 1.29 is 13.2 Å². The number of hydrogen-bond donors (Lipinski definition) is 2. The van der Waals surface area contributed by atoms with Gasteiger partial charge in [0.2, 0.25) is 15.9 Å². The molecule has 0 spiro atoms. The Morgan fingerprint density at radius 1 is 1.15 bits per heavy atom. The summed E-state index contributed by atoms with van der Waals surface area (Å²) in [5, 5.41) is 7.49. The van der Waals surface area contributed by atoms with E-state index < -0.39 is 10.0 Å². The summed E-state index contributed by atoms with van der Waals surface area (Å²) < 4.78 is 22.9. The number of sulfonamides is 1. The van der Waals surface area contributed by atoms with Crippen LogP contribution in [0, 0.1) is 5.92 Å². The van der Waals surface area contributed by atoms with Crippen LogP contribution in [0.2, 0.25) is 0 Å². The number of primary sulfonamides is 1. The summed E-state index contributed by atoms with van der Waals surface area (Å²) in [6.07, 6.45) is 9.19. The van der Waals surface area contributed by atoms with Crippen LogP contribution in [-0.2, 0) is 14.8 Å². The average Bonchev–Trinajstić information content (AvgIpc) is 3.27. The lowest BCUT2D eigenvalue weighted by atomic mass is 9.87. The van der Waals surface area contributed by atoms with E-state index >= 15 is 0 Å². The van der Waals surface area contributed by atoms with Crippen molar-refractivity contribution in [3.8, 4) is 0 Å². The number of carbonyl (C=O) groups excluding carboxylic acids is 1. The van der Waals surface area contributed by atoms with Crippen LogP contribution >= 0.6 is 0 Å². The quantitative estimate of drug-likeness (QED) is 0.586. The fraction of sp³-hybridized carbons (Fsp3) is 0.522. The second-order valence-electron chi connectivity index (χ2n) is 9.39. The maximum Gasteiger partial charge on any atom is 0.236 e. The first kappa shape index (κ1) is 22.2. The smallest absolute Gasteiger partial charge is 0.236 e. The summed E-state index contributed by atoms with van der Waals surface area (Å²) in [5.41, 5.74) is 3.10. The van der Waals surface area contributed by atoms with Gasteiger partial charge in [-0.1, -0.05) is 0 Å². The highest BCUT2D eigenvalue weighted by molar-refractivity contribution is 7.89. The van der Waals surface area contributed by atoms with Crippen molar-refractivity contribution in [2.24, 2.45) is 11.1 Å². The van der Waals surface area contributed by atoms with E-state index in [0.29, 0.717) is 25.6 Å². The topological polar surface area (TPSA) is 125 Å². The number of nitrogens with one attached hydrogen (secondary N) is 1. The van der Waals surface area contributed by atoms with E-state index in [0.717, 1.165) is 55.3 Å². The van der Waals surface area contributed by atoms with E-state index in [4.69, 9.17) is 5.14 Å². The zero-order valence-electron chi connectivity index (χ0n) is 18.6. The van der Waals surface area contributed by atoms with E-state index in [9.17, 15) is 13.2 Å². The van der Waals surface area contributed by atoms with Crippen LogP contribution in [0.15, 0.2) is 30.7 Å². The van der Waals surface area contributed by atoms with Crippen molar-refractivity contribution >= 4 is 37.9 Å². The molecule has 9 nitrogen and oxygen atoms in total. The predicted octanol–water partition coefficient (Wildman–Crippen LogP) is 1.82. The molecule has 0 bridgehead atoms. The Hall–Kier alpha value is -2.56. The Kier molecular flexibility index (Phi) is 6.07. The Labute approximate surface area is 193 Å². The summed E-state index contributed by atoms with van der Waals surface area (Å²) in [5.74, 6) is 0.383. The summed E-state index contributed by atoms with van der Waals surface area (Å²) in [7, 11) is -3.52. The second kappa shape index (κ2) is 9.00. The molecule has 3 aromatic heterocycles. The molecule has 2 saturated heterocycles. The number of rotatable bonds is 5. The molecule has 1 unspecified atom stereocenters. The van der Waals surface area contributed by atoms with Crippen LogP contribution in [0.25, 0.3) is 21.9 Å². The van der Waals surface area contributed by atoms with Crippen LogP contribution in [0.5, 0.6) is 0 Å². The lowest BCUT2D eigenvalue weighted by Gasteiger charge is -2.36. The van der Waals surface area contributed by atoms with Gasteiger partial charge in [-0.05, 0) is 68.3 Å². The van der Waals surface area contributed by atoms with Gasteiger partial charge < -0.3 is 9.88 Å². The van der Waals surface area contributed by atoms with Crippen molar-refractivity contribution in [3.05, 3.63) is 36.3 Å². The third kappa shape index (κ3) is 4.87. The fourth-order valence-electron chi connectivity index (χ4n) is 5.47. The molecular formula is C23H30N6O3S. The largest absolute Gasteiger partial charge is 0.346 e. The summed E-state index contributed by atoms with van der Waals surface area (Å²) in [6.45, 7) is 3.28. The molecule has 5 rings (SSSR count). The van der Waals surface area contributed by atoms with Gasteiger partial charge in [0.25, 0.3) is 0 Å². The number of likely N-dealkylation sites (tertiary alicyclic amines) is 2. The molecule has 5 heterocycles. The highest BCUT2D eigenvalue weighted by atomic mass is 32.2. The molecule has 3 N–H and O–H groups in total. The van der Waals surface area contributed by atoms with Crippen LogP contribution in [0.1, 0.15) is 37.2 Å². The summed E-state index contributed by atoms with van der Waals surface area (Å²) in [6, 6.07) is 4.19. The summed E-state index contributed by atoms with van der Waals surface area (Å²) >= 11 is 0. The molecule has 33 heavy (non-hydrogen) atoms. The number of H-pyrrole nitrogens is 1. The van der Waals surface area contributed by atoms with Crippen LogP contribution in [0.3, 0.4) is 0 Å². The van der Waals surface area contributed by atoms with Crippen molar-refractivity contribution in [1.29, 1.82) is 0 Å². The minimum atomic E-state index is -3.52. The van der Waals surface area contributed by atoms with Gasteiger partial charge in [-0.3, -0.25) is 14.7 Å². The SMILES string of the molecule is NS(=O)(=O)CC1CCCN(C(=O)CN2CCC(c3ccnc4cnc5[nH]ccc5c34)CC2)C1. The zero-order chi connectivity index (χ0) is 23.0. The zero-order valence-corrected chi connectivity index (χ0v) is 19.4. The van der Waals surface area contributed by atoms with Crippen LogP contribution in [-0.4, -0.2) is 77.6 Å². The van der Waals surface area contributed by atoms with E-state index in [1.807, 2.05) is 23.5 Å².